The van der Waals surface area contributed by atoms with Gasteiger partial charge < -0.3 is 15.8 Å². The van der Waals surface area contributed by atoms with Crippen molar-refractivity contribution in [1.82, 2.24) is 5.32 Å². The zero-order chi connectivity index (χ0) is 16.0. The predicted molar refractivity (Wildman–Crippen MR) is 74.4 cm³/mol. The summed E-state index contributed by atoms with van der Waals surface area (Å²) in [5.74, 6) is -1.82. The highest BCUT2D eigenvalue weighted by atomic mass is 19.1. The van der Waals surface area contributed by atoms with E-state index in [1.807, 2.05) is 13.8 Å². The number of hydrogen-bond acceptors (Lipinski definition) is 5. The van der Waals surface area contributed by atoms with Crippen molar-refractivity contribution in [1.29, 1.82) is 0 Å². The number of nitro groups is 1. The van der Waals surface area contributed by atoms with Crippen LogP contribution in [0.4, 0.5) is 10.1 Å². The van der Waals surface area contributed by atoms with Crippen molar-refractivity contribution in [3.63, 3.8) is 0 Å². The Morgan fingerprint density at radius 3 is 2.71 bits per heavy atom. The fourth-order valence-electron chi connectivity index (χ4n) is 1.77. The van der Waals surface area contributed by atoms with E-state index < -0.39 is 34.1 Å². The molecule has 0 radical (unpaired) electrons. The summed E-state index contributed by atoms with van der Waals surface area (Å²) in [4.78, 5) is 21.3. The van der Waals surface area contributed by atoms with Crippen molar-refractivity contribution in [3.05, 3.63) is 34.1 Å². The molecular formula is C13H18FN3O4. The quantitative estimate of drug-likeness (QED) is 0.556. The van der Waals surface area contributed by atoms with Gasteiger partial charge in [0.05, 0.1) is 17.6 Å². The Morgan fingerprint density at radius 2 is 2.19 bits per heavy atom. The van der Waals surface area contributed by atoms with Gasteiger partial charge in [0.2, 0.25) is 11.7 Å². The number of para-hydroxylation sites is 1. The summed E-state index contributed by atoms with van der Waals surface area (Å²) >= 11 is 0. The summed E-state index contributed by atoms with van der Waals surface area (Å²) in [6.45, 7) is 3.62. The average Bonchev–Trinajstić information content (AvgIpc) is 2.38. The Morgan fingerprint density at radius 1 is 1.52 bits per heavy atom. The first-order valence-corrected chi connectivity index (χ1v) is 6.44. The second-order valence-corrected chi connectivity index (χ2v) is 4.76. The number of carbonyl (C=O) groups excluding carboxylic acids is 1. The molecule has 0 aliphatic heterocycles. The van der Waals surface area contributed by atoms with Crippen LogP contribution in [0, 0.1) is 15.9 Å². The molecule has 0 heterocycles. The molecule has 21 heavy (non-hydrogen) atoms. The van der Waals surface area contributed by atoms with E-state index in [-0.39, 0.29) is 19.1 Å². The van der Waals surface area contributed by atoms with Crippen LogP contribution in [-0.4, -0.2) is 29.5 Å². The number of benzene rings is 1. The van der Waals surface area contributed by atoms with Crippen molar-refractivity contribution < 1.29 is 18.8 Å². The molecule has 1 aromatic carbocycles. The Bertz CT molecular complexity index is 522. The number of primary amides is 1. The first-order valence-electron chi connectivity index (χ1n) is 6.44. The molecule has 0 bridgehead atoms. The zero-order valence-corrected chi connectivity index (χ0v) is 11.8. The first-order chi connectivity index (χ1) is 9.82. The van der Waals surface area contributed by atoms with E-state index in [9.17, 15) is 19.3 Å². The summed E-state index contributed by atoms with van der Waals surface area (Å²) in [7, 11) is 0. The molecule has 1 atom stereocenters. The molecule has 1 rings (SSSR count). The highest BCUT2D eigenvalue weighted by Crippen LogP contribution is 2.29. The van der Waals surface area contributed by atoms with Crippen LogP contribution in [0.2, 0.25) is 0 Å². The molecule has 0 saturated heterocycles. The molecule has 7 nitrogen and oxygen atoms in total. The summed E-state index contributed by atoms with van der Waals surface area (Å²) in [6.07, 6.45) is 0.180. The van der Waals surface area contributed by atoms with Gasteiger partial charge in [-0.3, -0.25) is 14.9 Å². The van der Waals surface area contributed by atoms with Crippen LogP contribution < -0.4 is 15.8 Å². The standard InChI is InChI=1S/C13H18FN3O4/c1-8(2)16-10(13(15)18)6-7-21-12-9(14)4-3-5-11(12)17(19)20/h3-5,8,10,16H,6-7H2,1-2H3,(H2,15,18). The monoisotopic (exact) mass is 299 g/mol. The number of carbonyl (C=O) groups is 1. The zero-order valence-electron chi connectivity index (χ0n) is 11.8. The van der Waals surface area contributed by atoms with Crippen LogP contribution in [0.15, 0.2) is 18.2 Å². The minimum atomic E-state index is -0.823. The predicted octanol–water partition coefficient (Wildman–Crippen LogP) is 1.35. The van der Waals surface area contributed by atoms with E-state index in [0.717, 1.165) is 12.1 Å². The Hall–Kier alpha value is -2.22. The number of nitrogens with two attached hydrogens (primary N) is 1. The molecule has 0 aromatic heterocycles. The minimum Gasteiger partial charge on any atom is -0.485 e. The number of rotatable bonds is 8. The van der Waals surface area contributed by atoms with Crippen molar-refractivity contribution in [2.24, 2.45) is 5.73 Å². The topological polar surface area (TPSA) is 107 Å². The fraction of sp³-hybridized carbons (Fsp3) is 0.462. The molecule has 0 saturated carbocycles. The van der Waals surface area contributed by atoms with Gasteiger partial charge in [-0.05, 0) is 6.07 Å². The summed E-state index contributed by atoms with van der Waals surface area (Å²) in [6, 6.07) is 2.84. The number of hydrogen-bond donors (Lipinski definition) is 2. The maximum atomic E-state index is 13.6. The van der Waals surface area contributed by atoms with Gasteiger partial charge >= 0.3 is 5.69 Å². The minimum absolute atomic E-state index is 0.0327. The van der Waals surface area contributed by atoms with Crippen LogP contribution in [-0.2, 0) is 4.79 Å². The van der Waals surface area contributed by atoms with Gasteiger partial charge in [-0.15, -0.1) is 0 Å². The Kier molecular flexibility index (Phi) is 6.04. The van der Waals surface area contributed by atoms with Gasteiger partial charge in [0.1, 0.15) is 0 Å². The second kappa shape index (κ2) is 7.53. The molecule has 0 aliphatic rings. The van der Waals surface area contributed by atoms with Crippen LogP contribution in [0.1, 0.15) is 20.3 Å². The third-order valence-corrected chi connectivity index (χ3v) is 2.67. The first kappa shape index (κ1) is 16.8. The molecule has 116 valence electrons. The highest BCUT2D eigenvalue weighted by molar-refractivity contribution is 5.79. The van der Waals surface area contributed by atoms with E-state index in [1.165, 1.54) is 6.07 Å². The smallest absolute Gasteiger partial charge is 0.314 e. The summed E-state index contributed by atoms with van der Waals surface area (Å²) < 4.78 is 18.7. The van der Waals surface area contributed by atoms with Gasteiger partial charge in [0, 0.05) is 18.5 Å². The van der Waals surface area contributed by atoms with Crippen molar-refractivity contribution in [3.8, 4) is 5.75 Å². The van der Waals surface area contributed by atoms with Crippen LogP contribution in [0.5, 0.6) is 5.75 Å². The number of amides is 1. The summed E-state index contributed by atoms with van der Waals surface area (Å²) in [5, 5.41) is 13.7. The van der Waals surface area contributed by atoms with Gasteiger partial charge in [-0.1, -0.05) is 19.9 Å². The molecule has 0 fully saturated rings. The SMILES string of the molecule is CC(C)NC(CCOc1c(F)cccc1[N+](=O)[O-])C(N)=O. The van der Waals surface area contributed by atoms with Crippen molar-refractivity contribution in [2.75, 3.05) is 6.61 Å². The average molecular weight is 299 g/mol. The van der Waals surface area contributed by atoms with Crippen molar-refractivity contribution in [2.45, 2.75) is 32.4 Å². The van der Waals surface area contributed by atoms with E-state index in [1.54, 1.807) is 0 Å². The molecule has 3 N–H and O–H groups in total. The third kappa shape index (κ3) is 4.99. The van der Waals surface area contributed by atoms with Crippen LogP contribution >= 0.6 is 0 Å². The van der Waals surface area contributed by atoms with Crippen LogP contribution in [0.25, 0.3) is 0 Å². The highest BCUT2D eigenvalue weighted by Gasteiger charge is 2.21. The van der Waals surface area contributed by atoms with Crippen molar-refractivity contribution >= 4 is 11.6 Å². The lowest BCUT2D eigenvalue weighted by atomic mass is 10.2. The van der Waals surface area contributed by atoms with Gasteiger partial charge in [0.25, 0.3) is 0 Å². The number of nitro benzene ring substituents is 1. The molecule has 1 aromatic rings. The van der Waals surface area contributed by atoms with Gasteiger partial charge in [0.15, 0.2) is 5.82 Å². The third-order valence-electron chi connectivity index (χ3n) is 2.67. The molecule has 0 aliphatic carbocycles. The Balaban J connectivity index is 2.71. The van der Waals surface area contributed by atoms with E-state index in [2.05, 4.69) is 5.32 Å². The largest absolute Gasteiger partial charge is 0.485 e. The molecule has 1 unspecified atom stereocenters. The van der Waals surface area contributed by atoms with E-state index >= 15 is 0 Å². The number of ether oxygens (including phenoxy) is 1. The fourth-order valence-corrected chi connectivity index (χ4v) is 1.77. The lowest BCUT2D eigenvalue weighted by molar-refractivity contribution is -0.386. The second-order valence-electron chi connectivity index (χ2n) is 4.76. The van der Waals surface area contributed by atoms with Gasteiger partial charge in [-0.2, -0.15) is 0 Å². The number of nitrogens with zero attached hydrogens (tertiary/aromatic N) is 1. The molecular weight excluding hydrogens is 281 g/mol. The van der Waals surface area contributed by atoms with E-state index in [0.29, 0.717) is 0 Å². The molecule has 8 heteroatoms. The lowest BCUT2D eigenvalue weighted by Crippen LogP contribution is -2.45. The van der Waals surface area contributed by atoms with Crippen LogP contribution in [0.3, 0.4) is 0 Å². The molecule has 1 amide bonds. The number of nitrogens with one attached hydrogen (secondary N) is 1. The summed E-state index contributed by atoms with van der Waals surface area (Å²) in [5.41, 5.74) is 4.78. The van der Waals surface area contributed by atoms with E-state index in [4.69, 9.17) is 10.5 Å². The number of halogens is 1. The van der Waals surface area contributed by atoms with Gasteiger partial charge in [-0.25, -0.2) is 4.39 Å². The maximum absolute atomic E-state index is 13.6. The normalized spacial score (nSPS) is 12.2. The lowest BCUT2D eigenvalue weighted by Gasteiger charge is -2.18. The Labute approximate surface area is 121 Å². The molecule has 0 spiro atoms. The maximum Gasteiger partial charge on any atom is 0.314 e.